The molecule has 9 heteroatoms. The van der Waals surface area contributed by atoms with Crippen LogP contribution in [-0.2, 0) is 4.74 Å². The number of benzene rings is 1. The van der Waals surface area contributed by atoms with Crippen molar-refractivity contribution in [3.05, 3.63) is 34.6 Å². The second kappa shape index (κ2) is 8.84. The van der Waals surface area contributed by atoms with Gasteiger partial charge >= 0.3 is 6.01 Å². The second-order valence-electron chi connectivity index (χ2n) is 7.01. The Labute approximate surface area is 175 Å². The molecule has 0 bridgehead atoms. The van der Waals surface area contributed by atoms with E-state index in [2.05, 4.69) is 34.9 Å². The van der Waals surface area contributed by atoms with Gasteiger partial charge in [0.2, 0.25) is 5.82 Å². The molecule has 2 aromatic rings. The topological polar surface area (TPSA) is 85.0 Å². The Kier molecular flexibility index (Phi) is 6.44. The van der Waals surface area contributed by atoms with E-state index in [0.717, 1.165) is 16.9 Å². The normalized spacial score (nSPS) is 14.7. The number of aliphatic imine (C=N–C) groups is 1. The van der Waals surface area contributed by atoms with Crippen molar-refractivity contribution >= 4 is 34.6 Å². The van der Waals surface area contributed by atoms with E-state index in [1.165, 1.54) is 4.68 Å². The van der Waals surface area contributed by atoms with E-state index in [1.807, 2.05) is 33.2 Å². The minimum absolute atomic E-state index is 0.0877. The summed E-state index contributed by atoms with van der Waals surface area (Å²) in [6.45, 7) is 6.47. The molecule has 0 aliphatic carbocycles. The van der Waals surface area contributed by atoms with Crippen LogP contribution in [0.2, 0.25) is 0 Å². The highest BCUT2D eigenvalue weighted by atomic mass is 35.5. The Morgan fingerprint density at radius 1 is 1.28 bits per heavy atom. The fraction of sp³-hybridized carbons (Fsp3) is 0.450. The molecule has 2 heterocycles. The molecule has 0 spiro atoms. The molecule has 1 aromatic heterocycles. The van der Waals surface area contributed by atoms with Crippen LogP contribution in [0.5, 0.6) is 6.01 Å². The van der Waals surface area contributed by atoms with Crippen LogP contribution in [-0.4, -0.2) is 59.6 Å². The van der Waals surface area contributed by atoms with Crippen molar-refractivity contribution in [2.24, 2.45) is 4.99 Å². The minimum Gasteiger partial charge on any atom is -0.486 e. The van der Waals surface area contributed by atoms with E-state index in [0.29, 0.717) is 29.1 Å². The first-order chi connectivity index (χ1) is 13.9. The summed E-state index contributed by atoms with van der Waals surface area (Å²) in [6.07, 6.45) is 0. The van der Waals surface area contributed by atoms with Gasteiger partial charge in [0.05, 0.1) is 18.9 Å². The first-order valence-corrected chi connectivity index (χ1v) is 9.89. The Morgan fingerprint density at radius 3 is 2.66 bits per heavy atom. The van der Waals surface area contributed by atoms with E-state index in [9.17, 15) is 0 Å². The highest BCUT2D eigenvalue weighted by molar-refractivity contribution is 6.47. The molecule has 0 fully saturated rings. The minimum atomic E-state index is -0.143. The van der Waals surface area contributed by atoms with E-state index in [1.54, 1.807) is 0 Å². The fourth-order valence-electron chi connectivity index (χ4n) is 2.94. The second-order valence-corrected chi connectivity index (χ2v) is 7.38. The van der Waals surface area contributed by atoms with Gasteiger partial charge in [-0.1, -0.05) is 25.4 Å². The van der Waals surface area contributed by atoms with Crippen molar-refractivity contribution in [1.29, 1.82) is 0 Å². The van der Waals surface area contributed by atoms with Crippen LogP contribution in [0, 0.1) is 0 Å². The maximum atomic E-state index is 9.13. The summed E-state index contributed by atoms with van der Waals surface area (Å²) in [5.74, 6) is 1.40. The monoisotopic (exact) mass is 419 g/mol. The largest absolute Gasteiger partial charge is 0.486 e. The summed E-state index contributed by atoms with van der Waals surface area (Å²) in [5.41, 5.74) is 2.98. The summed E-state index contributed by atoms with van der Waals surface area (Å²) in [6, 6.07) is 6.31. The summed E-state index contributed by atoms with van der Waals surface area (Å²) < 4.78 is 12.5. The van der Waals surface area contributed by atoms with E-state index in [4.69, 9.17) is 31.2 Å². The average molecular weight is 420 g/mol. The SMILES string of the molecule is CCOc1nc2n(n1)C(=Nc1ccc(N(C)C)cc1C(C)C)C(Cl)=C2OCCO. The van der Waals surface area contributed by atoms with E-state index >= 15 is 0 Å². The number of nitrogens with zero attached hydrogens (tertiary/aromatic N) is 5. The van der Waals surface area contributed by atoms with Gasteiger partial charge in [-0.25, -0.2) is 4.99 Å². The van der Waals surface area contributed by atoms with Gasteiger partial charge in [0.1, 0.15) is 11.6 Å². The van der Waals surface area contributed by atoms with Crippen LogP contribution in [0.4, 0.5) is 11.4 Å². The molecule has 0 amide bonds. The molecule has 1 aliphatic rings. The summed E-state index contributed by atoms with van der Waals surface area (Å²) in [7, 11) is 4.01. The predicted octanol–water partition coefficient (Wildman–Crippen LogP) is 3.37. The number of allylic oxidation sites excluding steroid dienone is 1. The third kappa shape index (κ3) is 4.23. The highest BCUT2D eigenvalue weighted by Crippen LogP contribution is 2.36. The van der Waals surface area contributed by atoms with Crippen molar-refractivity contribution in [3.63, 3.8) is 0 Å². The van der Waals surface area contributed by atoms with Crippen LogP contribution in [0.3, 0.4) is 0 Å². The van der Waals surface area contributed by atoms with Gasteiger partial charge in [-0.15, -0.1) is 5.10 Å². The number of hydrogen-bond acceptors (Lipinski definition) is 7. The molecule has 3 rings (SSSR count). The first-order valence-electron chi connectivity index (χ1n) is 9.51. The lowest BCUT2D eigenvalue weighted by Gasteiger charge is -2.17. The molecule has 0 radical (unpaired) electrons. The van der Waals surface area contributed by atoms with Crippen LogP contribution in [0.1, 0.15) is 38.1 Å². The molecule has 1 aliphatic heterocycles. The number of ether oxygens (including phenoxy) is 2. The summed E-state index contributed by atoms with van der Waals surface area (Å²) in [4.78, 5) is 11.2. The number of aromatic nitrogens is 3. The smallest absolute Gasteiger partial charge is 0.336 e. The third-order valence-corrected chi connectivity index (χ3v) is 4.71. The molecule has 0 saturated carbocycles. The number of aliphatic hydroxyl groups excluding tert-OH is 1. The van der Waals surface area contributed by atoms with Crippen molar-refractivity contribution < 1.29 is 14.6 Å². The third-order valence-electron chi connectivity index (χ3n) is 4.37. The maximum Gasteiger partial charge on any atom is 0.336 e. The Balaban J connectivity index is 2.12. The molecule has 156 valence electrons. The highest BCUT2D eigenvalue weighted by Gasteiger charge is 2.33. The molecule has 1 aromatic carbocycles. The van der Waals surface area contributed by atoms with E-state index < -0.39 is 0 Å². The van der Waals surface area contributed by atoms with Gasteiger partial charge in [0.15, 0.2) is 11.6 Å². The van der Waals surface area contributed by atoms with Crippen molar-refractivity contribution in [2.45, 2.75) is 26.7 Å². The van der Waals surface area contributed by atoms with Gasteiger partial charge in [-0.2, -0.15) is 9.67 Å². The predicted molar refractivity (Wildman–Crippen MR) is 114 cm³/mol. The van der Waals surface area contributed by atoms with Crippen LogP contribution in [0.15, 0.2) is 28.2 Å². The maximum absolute atomic E-state index is 9.13. The molecule has 0 saturated heterocycles. The molecule has 8 nitrogen and oxygen atoms in total. The molecular weight excluding hydrogens is 394 g/mol. The zero-order chi connectivity index (χ0) is 21.1. The lowest BCUT2D eigenvalue weighted by molar-refractivity contribution is 0.180. The molecule has 0 atom stereocenters. The lowest BCUT2D eigenvalue weighted by atomic mass is 10.0. The number of anilines is 1. The number of fused-ring (bicyclic) bond motifs is 1. The number of hydrogen-bond donors (Lipinski definition) is 1. The number of halogens is 1. The standard InChI is InChI=1S/C20H26ClN5O3/c1-6-28-20-23-19-17(29-10-9-27)16(21)18(26(19)24-20)22-15-8-7-13(25(4)5)11-14(15)12(2)3/h7-8,11-12,27H,6,9-10H2,1-5H3. The molecule has 0 unspecified atom stereocenters. The number of rotatable bonds is 8. The summed E-state index contributed by atoms with van der Waals surface area (Å²) >= 11 is 6.57. The van der Waals surface area contributed by atoms with Crippen LogP contribution in [0.25, 0.3) is 5.76 Å². The first kappa shape index (κ1) is 21.1. The van der Waals surface area contributed by atoms with Crippen molar-refractivity contribution in [3.8, 4) is 6.01 Å². The lowest BCUT2D eigenvalue weighted by Crippen LogP contribution is -2.11. The molecule has 29 heavy (non-hydrogen) atoms. The van der Waals surface area contributed by atoms with Crippen LogP contribution < -0.4 is 9.64 Å². The van der Waals surface area contributed by atoms with Crippen molar-refractivity contribution in [2.75, 3.05) is 38.8 Å². The quantitative estimate of drug-likeness (QED) is 0.706. The van der Waals surface area contributed by atoms with Gasteiger partial charge in [-0.05, 0) is 36.6 Å². The zero-order valence-corrected chi connectivity index (χ0v) is 18.1. The van der Waals surface area contributed by atoms with Gasteiger partial charge in [0, 0.05) is 19.8 Å². The van der Waals surface area contributed by atoms with Gasteiger partial charge in [-0.3, -0.25) is 0 Å². The molecular formula is C20H26ClN5O3. The Bertz CT molecular complexity index is 950. The molecule has 1 N–H and O–H groups in total. The van der Waals surface area contributed by atoms with Gasteiger partial charge in [0.25, 0.3) is 0 Å². The van der Waals surface area contributed by atoms with Crippen molar-refractivity contribution in [1.82, 2.24) is 14.8 Å². The fourth-order valence-corrected chi connectivity index (χ4v) is 3.20. The Morgan fingerprint density at radius 2 is 2.03 bits per heavy atom. The van der Waals surface area contributed by atoms with Gasteiger partial charge < -0.3 is 19.5 Å². The average Bonchev–Trinajstić information content (AvgIpc) is 3.18. The number of aliphatic hydroxyl groups is 1. The van der Waals surface area contributed by atoms with Crippen LogP contribution >= 0.6 is 11.6 Å². The Hall–Kier alpha value is -2.58. The van der Waals surface area contributed by atoms with E-state index in [-0.39, 0.29) is 25.1 Å². The summed E-state index contributed by atoms with van der Waals surface area (Å²) in [5, 5.41) is 13.8. The zero-order valence-electron chi connectivity index (χ0n) is 17.3.